The Labute approximate surface area is 196 Å². The highest BCUT2D eigenvalue weighted by atomic mass is 79.9. The zero-order chi connectivity index (χ0) is 22.5. The van der Waals surface area contributed by atoms with Crippen molar-refractivity contribution in [2.24, 2.45) is 0 Å². The van der Waals surface area contributed by atoms with Gasteiger partial charge < -0.3 is 14.6 Å². The number of likely N-dealkylation sites (tertiary alicyclic amines) is 1. The van der Waals surface area contributed by atoms with Gasteiger partial charge in [-0.15, -0.1) is 0 Å². The maximum Gasteiger partial charge on any atom is 0.320 e. The third-order valence-electron chi connectivity index (χ3n) is 5.84. The minimum Gasteiger partial charge on any atom is -0.493 e. The lowest BCUT2D eigenvalue weighted by Crippen LogP contribution is -2.39. The Hall–Kier alpha value is -2.83. The minimum absolute atomic E-state index is 0.191. The number of rotatable bonds is 8. The first-order valence-electron chi connectivity index (χ1n) is 10.7. The Morgan fingerprint density at radius 1 is 1.06 bits per heavy atom. The molecular weight excluding hydrogens is 470 g/mol. The van der Waals surface area contributed by atoms with Crippen LogP contribution >= 0.6 is 15.9 Å². The van der Waals surface area contributed by atoms with E-state index in [4.69, 9.17) is 9.47 Å². The first-order valence-corrected chi connectivity index (χ1v) is 11.4. The minimum atomic E-state index is -0.778. The van der Waals surface area contributed by atoms with Crippen molar-refractivity contribution in [2.75, 3.05) is 13.7 Å². The van der Waals surface area contributed by atoms with Crippen LogP contribution in [0.25, 0.3) is 0 Å². The van der Waals surface area contributed by atoms with Crippen LogP contribution in [0.15, 0.2) is 77.3 Å². The van der Waals surface area contributed by atoms with Crippen LogP contribution in [0, 0.1) is 0 Å². The van der Waals surface area contributed by atoms with Gasteiger partial charge in [0, 0.05) is 11.0 Å². The first kappa shape index (κ1) is 22.4. The lowest BCUT2D eigenvalue weighted by atomic mass is 9.96. The quantitative estimate of drug-likeness (QED) is 0.435. The summed E-state index contributed by atoms with van der Waals surface area (Å²) in [5, 5.41) is 9.80. The summed E-state index contributed by atoms with van der Waals surface area (Å²) in [5.41, 5.74) is 3.10. The summed E-state index contributed by atoms with van der Waals surface area (Å²) >= 11 is 3.49. The molecule has 1 aliphatic heterocycles. The van der Waals surface area contributed by atoms with Crippen LogP contribution in [0.4, 0.5) is 0 Å². The van der Waals surface area contributed by atoms with E-state index in [9.17, 15) is 9.90 Å². The van der Waals surface area contributed by atoms with Gasteiger partial charge in [0.2, 0.25) is 0 Å². The van der Waals surface area contributed by atoms with E-state index in [1.54, 1.807) is 7.11 Å². The number of nitrogens with zero attached hydrogens (tertiary/aromatic N) is 1. The van der Waals surface area contributed by atoms with Gasteiger partial charge in [-0.25, -0.2) is 0 Å². The van der Waals surface area contributed by atoms with Crippen LogP contribution in [-0.2, 0) is 11.4 Å². The topological polar surface area (TPSA) is 59.0 Å². The third kappa shape index (κ3) is 4.97. The molecule has 0 spiro atoms. The summed E-state index contributed by atoms with van der Waals surface area (Å²) in [6.45, 7) is 1.17. The van der Waals surface area contributed by atoms with Crippen LogP contribution in [0.1, 0.15) is 35.6 Å². The molecule has 2 unspecified atom stereocenters. The highest BCUT2D eigenvalue weighted by molar-refractivity contribution is 9.10. The van der Waals surface area contributed by atoms with Crippen molar-refractivity contribution < 1.29 is 19.4 Å². The summed E-state index contributed by atoms with van der Waals surface area (Å²) < 4.78 is 12.7. The van der Waals surface area contributed by atoms with Crippen LogP contribution in [0.5, 0.6) is 11.5 Å². The van der Waals surface area contributed by atoms with E-state index >= 15 is 0 Å². The Morgan fingerprint density at radius 2 is 1.78 bits per heavy atom. The van der Waals surface area contributed by atoms with Gasteiger partial charge in [-0.3, -0.25) is 9.69 Å². The van der Waals surface area contributed by atoms with Gasteiger partial charge in [0.05, 0.1) is 13.2 Å². The average molecular weight is 496 g/mol. The van der Waals surface area contributed by atoms with Crippen molar-refractivity contribution in [1.29, 1.82) is 0 Å². The maximum absolute atomic E-state index is 11.9. The van der Waals surface area contributed by atoms with E-state index in [0.717, 1.165) is 34.1 Å². The normalized spacial score (nSPS) is 17.1. The van der Waals surface area contributed by atoms with Gasteiger partial charge in [0.1, 0.15) is 12.6 Å². The summed E-state index contributed by atoms with van der Waals surface area (Å²) in [4.78, 5) is 14.0. The molecule has 0 aromatic heterocycles. The molecule has 3 aromatic carbocycles. The molecule has 1 fully saturated rings. The lowest BCUT2D eigenvalue weighted by molar-refractivity contribution is -0.142. The van der Waals surface area contributed by atoms with E-state index in [2.05, 4.69) is 20.8 Å². The number of carbonyl (C=O) groups is 1. The lowest BCUT2D eigenvalue weighted by Gasteiger charge is -2.32. The van der Waals surface area contributed by atoms with Crippen molar-refractivity contribution in [3.8, 4) is 11.5 Å². The Bertz CT molecular complexity index is 1060. The van der Waals surface area contributed by atoms with Crippen molar-refractivity contribution in [2.45, 2.75) is 31.5 Å². The molecule has 1 heterocycles. The number of carboxylic acid groups (broad SMARTS) is 1. The zero-order valence-electron chi connectivity index (χ0n) is 17.9. The molecule has 2 atom stereocenters. The largest absolute Gasteiger partial charge is 0.493 e. The molecule has 32 heavy (non-hydrogen) atoms. The molecule has 3 aromatic rings. The Morgan fingerprint density at radius 3 is 2.47 bits per heavy atom. The van der Waals surface area contributed by atoms with Crippen LogP contribution in [0.3, 0.4) is 0 Å². The molecule has 1 N–H and O–H groups in total. The summed E-state index contributed by atoms with van der Waals surface area (Å²) in [6, 6.07) is 23.2. The standard InChI is InChI=1S/C26H26BrNO4/c1-31-24-16-20(11-14-23(24)32-17-18-6-3-2-4-7-18)25(19-9-12-21(27)13-10-19)28-15-5-8-22(28)26(29)30/h2-4,6-7,9-14,16,22,25H,5,8,15,17H2,1H3,(H,29,30). The van der Waals surface area contributed by atoms with Gasteiger partial charge in [-0.2, -0.15) is 0 Å². The molecular formula is C26H26BrNO4. The van der Waals surface area contributed by atoms with Crippen molar-refractivity contribution in [1.82, 2.24) is 4.90 Å². The predicted molar refractivity (Wildman–Crippen MR) is 127 cm³/mol. The van der Waals surface area contributed by atoms with E-state index in [-0.39, 0.29) is 6.04 Å². The molecule has 6 heteroatoms. The van der Waals surface area contributed by atoms with Crippen LogP contribution in [0.2, 0.25) is 0 Å². The monoisotopic (exact) mass is 495 g/mol. The number of aliphatic carboxylic acids is 1. The van der Waals surface area contributed by atoms with E-state index in [1.807, 2.05) is 72.8 Å². The van der Waals surface area contributed by atoms with Crippen LogP contribution < -0.4 is 9.47 Å². The second-order valence-electron chi connectivity index (χ2n) is 7.87. The fourth-order valence-electron chi connectivity index (χ4n) is 4.29. The summed E-state index contributed by atoms with van der Waals surface area (Å²) in [5.74, 6) is 0.511. The molecule has 1 saturated heterocycles. The highest BCUT2D eigenvalue weighted by Gasteiger charge is 2.37. The molecule has 4 rings (SSSR count). The fraction of sp³-hybridized carbons (Fsp3) is 0.269. The molecule has 166 valence electrons. The van der Waals surface area contributed by atoms with Gasteiger partial charge in [0.15, 0.2) is 11.5 Å². The molecule has 0 amide bonds. The van der Waals surface area contributed by atoms with Crippen molar-refractivity contribution in [3.05, 3.63) is 94.0 Å². The molecule has 0 radical (unpaired) electrons. The second kappa shape index (κ2) is 10.2. The zero-order valence-corrected chi connectivity index (χ0v) is 19.5. The average Bonchev–Trinajstić information content (AvgIpc) is 3.30. The van der Waals surface area contributed by atoms with E-state index in [0.29, 0.717) is 24.5 Å². The number of halogens is 1. The van der Waals surface area contributed by atoms with Gasteiger partial charge >= 0.3 is 5.97 Å². The Kier molecular flexibility index (Phi) is 7.12. The van der Waals surface area contributed by atoms with Gasteiger partial charge in [0.25, 0.3) is 0 Å². The molecule has 0 aliphatic carbocycles. The Balaban J connectivity index is 1.67. The molecule has 1 aliphatic rings. The molecule has 0 saturated carbocycles. The van der Waals surface area contributed by atoms with Gasteiger partial charge in [-0.05, 0) is 53.8 Å². The number of benzene rings is 3. The van der Waals surface area contributed by atoms with E-state index in [1.165, 1.54) is 0 Å². The fourth-order valence-corrected chi connectivity index (χ4v) is 4.56. The summed E-state index contributed by atoms with van der Waals surface area (Å²) in [7, 11) is 1.62. The van der Waals surface area contributed by atoms with Crippen LogP contribution in [-0.4, -0.2) is 35.7 Å². The van der Waals surface area contributed by atoms with Crippen molar-refractivity contribution >= 4 is 21.9 Å². The summed E-state index contributed by atoms with van der Waals surface area (Å²) in [6.07, 6.45) is 1.51. The first-order chi connectivity index (χ1) is 15.6. The number of hydrogen-bond donors (Lipinski definition) is 1. The smallest absolute Gasteiger partial charge is 0.320 e. The molecule has 0 bridgehead atoms. The number of hydrogen-bond acceptors (Lipinski definition) is 4. The number of methoxy groups -OCH3 is 1. The highest BCUT2D eigenvalue weighted by Crippen LogP contribution is 2.39. The SMILES string of the molecule is COc1cc(C(c2ccc(Br)cc2)N2CCCC2C(=O)O)ccc1OCc1ccccc1. The predicted octanol–water partition coefficient (Wildman–Crippen LogP) is 5.68. The van der Waals surface area contributed by atoms with E-state index < -0.39 is 12.0 Å². The number of carboxylic acids is 1. The van der Waals surface area contributed by atoms with Crippen molar-refractivity contribution in [3.63, 3.8) is 0 Å². The third-order valence-corrected chi connectivity index (χ3v) is 6.37. The maximum atomic E-state index is 11.9. The second-order valence-corrected chi connectivity index (χ2v) is 8.79. The number of ether oxygens (including phenoxy) is 2. The van der Waals surface area contributed by atoms with Gasteiger partial charge in [-0.1, -0.05) is 64.5 Å². The molecule has 5 nitrogen and oxygen atoms in total.